The number of likely N-dealkylation sites (tertiary alicyclic amines) is 1. The maximum absolute atomic E-state index is 10.0. The fourth-order valence-corrected chi connectivity index (χ4v) is 3.71. The summed E-state index contributed by atoms with van der Waals surface area (Å²) in [7, 11) is 0. The quantitative estimate of drug-likeness (QED) is 0.785. The summed E-state index contributed by atoms with van der Waals surface area (Å²) in [6.07, 6.45) is 4.22. The molecule has 3 rings (SSSR count). The fourth-order valence-electron chi connectivity index (χ4n) is 3.71. The number of ether oxygens (including phenoxy) is 1. The van der Waals surface area contributed by atoms with Crippen molar-refractivity contribution in [3.05, 3.63) is 28.8 Å². The van der Waals surface area contributed by atoms with E-state index in [1.165, 1.54) is 18.4 Å². The van der Waals surface area contributed by atoms with Crippen LogP contribution < -0.4 is 4.74 Å². The van der Waals surface area contributed by atoms with Crippen molar-refractivity contribution in [1.82, 2.24) is 4.90 Å². The number of fused-ring (bicyclic) bond motifs is 1. The van der Waals surface area contributed by atoms with E-state index in [0.717, 1.165) is 42.8 Å². The molecule has 0 spiro atoms. The molecule has 2 heterocycles. The summed E-state index contributed by atoms with van der Waals surface area (Å²) in [4.78, 5) is 2.38. The van der Waals surface area contributed by atoms with Crippen LogP contribution in [0, 0.1) is 25.2 Å². The third kappa shape index (κ3) is 1.91. The molecule has 20 heavy (non-hydrogen) atoms. The molecule has 0 saturated carbocycles. The molecule has 0 aliphatic carbocycles. The average molecular weight is 270 g/mol. The lowest BCUT2D eigenvalue weighted by atomic mass is 9.81. The van der Waals surface area contributed by atoms with E-state index < -0.39 is 5.54 Å². The minimum atomic E-state index is -0.488. The molecule has 1 fully saturated rings. The maximum Gasteiger partial charge on any atom is 0.138 e. The molecule has 0 N–H and O–H groups in total. The first-order valence-corrected chi connectivity index (χ1v) is 7.59. The van der Waals surface area contributed by atoms with Gasteiger partial charge in [-0.1, -0.05) is 12.1 Å². The van der Waals surface area contributed by atoms with Gasteiger partial charge in [-0.25, -0.2) is 0 Å². The van der Waals surface area contributed by atoms with E-state index in [0.29, 0.717) is 6.61 Å². The van der Waals surface area contributed by atoms with Crippen LogP contribution in [0.2, 0.25) is 0 Å². The van der Waals surface area contributed by atoms with Gasteiger partial charge in [-0.05, 0) is 50.7 Å². The van der Waals surface area contributed by atoms with Gasteiger partial charge in [-0.15, -0.1) is 0 Å². The van der Waals surface area contributed by atoms with E-state index in [-0.39, 0.29) is 0 Å². The molecule has 0 aromatic heterocycles. The SMILES string of the molecule is Cc1ccc(C)c2c1OCCCC2(C#N)N1CCCC1. The Bertz CT molecular complexity index is 555. The van der Waals surface area contributed by atoms with E-state index in [4.69, 9.17) is 4.74 Å². The zero-order valence-corrected chi connectivity index (χ0v) is 12.4. The lowest BCUT2D eigenvalue weighted by Crippen LogP contribution is -2.43. The van der Waals surface area contributed by atoms with E-state index in [2.05, 4.69) is 36.9 Å². The van der Waals surface area contributed by atoms with E-state index >= 15 is 0 Å². The number of aryl methyl sites for hydroxylation is 2. The molecule has 3 heteroatoms. The number of benzene rings is 1. The van der Waals surface area contributed by atoms with Crippen LogP contribution in [0.15, 0.2) is 12.1 Å². The van der Waals surface area contributed by atoms with Crippen LogP contribution in [-0.2, 0) is 5.54 Å². The van der Waals surface area contributed by atoms with Crippen molar-refractivity contribution in [3.8, 4) is 11.8 Å². The van der Waals surface area contributed by atoms with Crippen LogP contribution in [-0.4, -0.2) is 24.6 Å². The number of nitriles is 1. The molecule has 1 aromatic carbocycles. The molecule has 0 bridgehead atoms. The van der Waals surface area contributed by atoms with Crippen molar-refractivity contribution in [2.45, 2.75) is 45.1 Å². The summed E-state index contributed by atoms with van der Waals surface area (Å²) < 4.78 is 6.00. The smallest absolute Gasteiger partial charge is 0.138 e. The van der Waals surface area contributed by atoms with Gasteiger partial charge in [0, 0.05) is 18.7 Å². The molecule has 2 aliphatic heterocycles. The second kappa shape index (κ2) is 5.10. The predicted molar refractivity (Wildman–Crippen MR) is 78.7 cm³/mol. The third-order valence-corrected chi connectivity index (χ3v) is 4.74. The van der Waals surface area contributed by atoms with E-state index in [1.54, 1.807) is 0 Å². The summed E-state index contributed by atoms with van der Waals surface area (Å²) >= 11 is 0. The molecule has 1 saturated heterocycles. The highest BCUT2D eigenvalue weighted by molar-refractivity contribution is 5.53. The van der Waals surface area contributed by atoms with Crippen molar-refractivity contribution in [2.75, 3.05) is 19.7 Å². The average Bonchev–Trinajstić information content (AvgIpc) is 2.91. The molecule has 3 nitrogen and oxygen atoms in total. The number of rotatable bonds is 1. The largest absolute Gasteiger partial charge is 0.493 e. The molecular weight excluding hydrogens is 248 g/mol. The monoisotopic (exact) mass is 270 g/mol. The van der Waals surface area contributed by atoms with Crippen LogP contribution in [0.3, 0.4) is 0 Å². The fraction of sp³-hybridized carbons (Fsp3) is 0.588. The summed E-state index contributed by atoms with van der Waals surface area (Å²) in [5, 5.41) is 10.0. The molecule has 1 atom stereocenters. The number of hydrogen-bond donors (Lipinski definition) is 0. The van der Waals surface area contributed by atoms with Gasteiger partial charge in [0.25, 0.3) is 0 Å². The van der Waals surface area contributed by atoms with Crippen molar-refractivity contribution in [1.29, 1.82) is 5.26 Å². The minimum Gasteiger partial charge on any atom is -0.493 e. The Morgan fingerprint density at radius 1 is 1.15 bits per heavy atom. The van der Waals surface area contributed by atoms with Gasteiger partial charge in [-0.3, -0.25) is 4.90 Å². The highest BCUT2D eigenvalue weighted by Crippen LogP contribution is 2.45. The van der Waals surface area contributed by atoms with Gasteiger partial charge >= 0.3 is 0 Å². The molecule has 1 unspecified atom stereocenters. The summed E-state index contributed by atoms with van der Waals surface area (Å²) in [5.74, 6) is 0.955. The zero-order valence-electron chi connectivity index (χ0n) is 12.4. The Labute approximate surface area is 121 Å². The second-order valence-corrected chi connectivity index (χ2v) is 6.02. The lowest BCUT2D eigenvalue weighted by Gasteiger charge is -2.37. The molecule has 106 valence electrons. The first kappa shape index (κ1) is 13.5. The van der Waals surface area contributed by atoms with Crippen molar-refractivity contribution in [3.63, 3.8) is 0 Å². The van der Waals surface area contributed by atoms with Crippen LogP contribution in [0.25, 0.3) is 0 Å². The van der Waals surface area contributed by atoms with Crippen LogP contribution in [0.4, 0.5) is 0 Å². The first-order valence-electron chi connectivity index (χ1n) is 7.59. The molecular formula is C17H22N2O. The third-order valence-electron chi connectivity index (χ3n) is 4.74. The zero-order chi connectivity index (χ0) is 14.2. The van der Waals surface area contributed by atoms with Gasteiger partial charge in [0.05, 0.1) is 12.7 Å². The summed E-state index contributed by atoms with van der Waals surface area (Å²) in [6, 6.07) is 6.90. The molecule has 1 aromatic rings. The Balaban J connectivity index is 2.22. The predicted octanol–water partition coefficient (Wildman–Crippen LogP) is 3.29. The lowest BCUT2D eigenvalue weighted by molar-refractivity contribution is 0.161. The maximum atomic E-state index is 10.0. The molecule has 0 amide bonds. The van der Waals surface area contributed by atoms with Gasteiger partial charge in [0.1, 0.15) is 11.3 Å². The number of hydrogen-bond acceptors (Lipinski definition) is 3. The van der Waals surface area contributed by atoms with Crippen LogP contribution >= 0.6 is 0 Å². The Morgan fingerprint density at radius 2 is 1.85 bits per heavy atom. The van der Waals surface area contributed by atoms with E-state index in [1.807, 2.05) is 0 Å². The van der Waals surface area contributed by atoms with Crippen molar-refractivity contribution in [2.24, 2.45) is 0 Å². The summed E-state index contributed by atoms with van der Waals surface area (Å²) in [5.41, 5.74) is 2.96. The van der Waals surface area contributed by atoms with Crippen molar-refractivity contribution >= 4 is 0 Å². The Morgan fingerprint density at radius 3 is 2.55 bits per heavy atom. The highest BCUT2D eigenvalue weighted by atomic mass is 16.5. The topological polar surface area (TPSA) is 36.3 Å². The minimum absolute atomic E-state index is 0.488. The van der Waals surface area contributed by atoms with Gasteiger partial charge in [-0.2, -0.15) is 5.26 Å². The summed E-state index contributed by atoms with van der Waals surface area (Å²) in [6.45, 7) is 6.96. The normalized spacial score (nSPS) is 26.4. The van der Waals surface area contributed by atoms with Gasteiger partial charge in [0.2, 0.25) is 0 Å². The van der Waals surface area contributed by atoms with Crippen LogP contribution in [0.1, 0.15) is 42.4 Å². The Hall–Kier alpha value is -1.53. The Kier molecular flexibility index (Phi) is 3.43. The second-order valence-electron chi connectivity index (χ2n) is 6.02. The standard InChI is InChI=1S/C17H22N2O/c1-13-6-7-14(2)16-15(13)17(12-18,8-5-11-20-16)19-9-3-4-10-19/h6-7H,3-5,8-11H2,1-2H3. The number of nitrogens with zero attached hydrogens (tertiary/aromatic N) is 2. The highest BCUT2D eigenvalue weighted by Gasteiger charge is 2.44. The van der Waals surface area contributed by atoms with Crippen molar-refractivity contribution < 1.29 is 4.74 Å². The molecule has 2 aliphatic rings. The molecule has 0 radical (unpaired) electrons. The van der Waals surface area contributed by atoms with E-state index in [9.17, 15) is 5.26 Å². The first-order chi connectivity index (χ1) is 9.69. The van der Waals surface area contributed by atoms with Gasteiger partial charge < -0.3 is 4.74 Å². The van der Waals surface area contributed by atoms with Crippen LogP contribution in [0.5, 0.6) is 5.75 Å². The van der Waals surface area contributed by atoms with Gasteiger partial charge in [0.15, 0.2) is 0 Å².